The zero-order valence-corrected chi connectivity index (χ0v) is 27.0. The van der Waals surface area contributed by atoms with Crippen LogP contribution in [0.1, 0.15) is 20.7 Å². The summed E-state index contributed by atoms with van der Waals surface area (Å²) < 4.78 is 1.16. The number of carbonyl (C=O) groups is 2. The van der Waals surface area contributed by atoms with Crippen molar-refractivity contribution in [3.8, 4) is 21.1 Å². The molecule has 3 aromatic carbocycles. The SMILES string of the molecule is O=C(Nc1ccc([N+](=O)[O-])c(NC(=O)c2cc(-c3ccc(Cl)s3)nc3ccccc23)c1)c1cc(-c2ccc(Cl)s2)nc2ccccc12. The van der Waals surface area contributed by atoms with Gasteiger partial charge in [-0.15, -0.1) is 22.7 Å². The number of rotatable bonds is 7. The number of para-hydroxylation sites is 2. The van der Waals surface area contributed by atoms with Crippen LogP contribution in [0.25, 0.3) is 42.9 Å². The van der Waals surface area contributed by atoms with Crippen LogP contribution in [-0.4, -0.2) is 26.7 Å². The summed E-state index contributed by atoms with van der Waals surface area (Å²) in [5.74, 6) is -1.04. The van der Waals surface area contributed by atoms with Gasteiger partial charge in [-0.3, -0.25) is 19.7 Å². The number of hydrogen-bond donors (Lipinski definition) is 2. The van der Waals surface area contributed by atoms with Gasteiger partial charge in [0.05, 0.1) is 56.9 Å². The van der Waals surface area contributed by atoms with Crippen molar-refractivity contribution in [3.05, 3.63) is 133 Å². The molecule has 0 aliphatic rings. The Morgan fingerprint density at radius 1 is 0.660 bits per heavy atom. The summed E-state index contributed by atoms with van der Waals surface area (Å²) in [4.78, 5) is 49.8. The van der Waals surface area contributed by atoms with Crippen molar-refractivity contribution < 1.29 is 14.5 Å². The molecule has 2 amide bonds. The van der Waals surface area contributed by atoms with Crippen LogP contribution in [0.3, 0.4) is 0 Å². The Kier molecular flexibility index (Phi) is 8.12. The van der Waals surface area contributed by atoms with Gasteiger partial charge < -0.3 is 10.6 Å². The molecule has 0 saturated carbocycles. The van der Waals surface area contributed by atoms with E-state index in [9.17, 15) is 19.7 Å². The van der Waals surface area contributed by atoms with Crippen LogP contribution in [0, 0.1) is 10.1 Å². The fourth-order valence-corrected chi connectivity index (χ4v) is 7.15. The molecule has 7 aromatic rings. The number of fused-ring (bicyclic) bond motifs is 2. The lowest BCUT2D eigenvalue weighted by atomic mass is 10.1. The van der Waals surface area contributed by atoms with E-state index in [-0.39, 0.29) is 22.6 Å². The standard InChI is InChI=1S/C34H19Cl2N5O4S2/c35-31-13-11-29(46-31)26-16-21(19-5-1-3-7-23(19)38-26)33(42)37-18-9-10-28(41(44)45)25(15-18)40-34(43)22-17-27(30-12-14-32(36)47-30)39-24-8-4-2-6-20(22)24/h1-17H,(H,37,42)(H,40,43). The Hall–Kier alpha value is -5.20. The van der Waals surface area contributed by atoms with E-state index in [0.717, 1.165) is 9.75 Å². The van der Waals surface area contributed by atoms with E-state index in [1.165, 1.54) is 40.9 Å². The Balaban J connectivity index is 1.23. The van der Waals surface area contributed by atoms with E-state index >= 15 is 0 Å². The lowest BCUT2D eigenvalue weighted by Gasteiger charge is -2.13. The molecule has 7 rings (SSSR count). The minimum absolute atomic E-state index is 0.0899. The quantitative estimate of drug-likeness (QED) is 0.126. The number of nitrogens with one attached hydrogen (secondary N) is 2. The minimum Gasteiger partial charge on any atom is -0.322 e. The second-order valence-corrected chi connectivity index (χ2v) is 13.7. The number of amides is 2. The van der Waals surface area contributed by atoms with Crippen molar-refractivity contribution in [2.75, 3.05) is 10.6 Å². The fourth-order valence-electron chi connectivity index (χ4n) is 5.14. The van der Waals surface area contributed by atoms with Crippen molar-refractivity contribution in [2.24, 2.45) is 0 Å². The van der Waals surface area contributed by atoms with Crippen LogP contribution in [0.15, 0.2) is 103 Å². The Morgan fingerprint density at radius 3 is 1.66 bits per heavy atom. The first-order valence-electron chi connectivity index (χ1n) is 14.0. The molecule has 0 spiro atoms. The zero-order valence-electron chi connectivity index (χ0n) is 23.9. The molecule has 0 saturated heterocycles. The molecule has 0 fully saturated rings. The van der Waals surface area contributed by atoms with Crippen molar-refractivity contribution in [1.82, 2.24) is 9.97 Å². The van der Waals surface area contributed by atoms with Gasteiger partial charge in [0, 0.05) is 22.5 Å². The topological polar surface area (TPSA) is 127 Å². The van der Waals surface area contributed by atoms with Gasteiger partial charge >= 0.3 is 0 Å². The first-order chi connectivity index (χ1) is 22.7. The van der Waals surface area contributed by atoms with E-state index in [1.54, 1.807) is 48.5 Å². The third-order valence-electron chi connectivity index (χ3n) is 7.27. The molecule has 0 atom stereocenters. The molecule has 4 heterocycles. The van der Waals surface area contributed by atoms with Gasteiger partial charge in [-0.05, 0) is 60.7 Å². The first kappa shape index (κ1) is 30.5. The van der Waals surface area contributed by atoms with Gasteiger partial charge in [-0.25, -0.2) is 9.97 Å². The number of hydrogen-bond acceptors (Lipinski definition) is 8. The number of nitro benzene ring substituents is 1. The molecule has 4 aromatic heterocycles. The summed E-state index contributed by atoms with van der Waals surface area (Å²) in [6, 6.07) is 28.8. The molecular formula is C34H19Cl2N5O4S2. The number of pyridine rings is 2. The van der Waals surface area contributed by atoms with E-state index in [4.69, 9.17) is 28.2 Å². The number of nitrogens with zero attached hydrogens (tertiary/aromatic N) is 3. The second kappa shape index (κ2) is 12.5. The van der Waals surface area contributed by atoms with Gasteiger partial charge in [0.2, 0.25) is 0 Å². The maximum absolute atomic E-state index is 13.8. The Labute approximate surface area is 284 Å². The highest BCUT2D eigenvalue weighted by Gasteiger charge is 2.22. The highest BCUT2D eigenvalue weighted by atomic mass is 35.5. The molecule has 9 nitrogen and oxygen atoms in total. The van der Waals surface area contributed by atoms with Gasteiger partial charge in [0.25, 0.3) is 17.5 Å². The fraction of sp³-hybridized carbons (Fsp3) is 0. The number of anilines is 2. The molecule has 0 unspecified atom stereocenters. The van der Waals surface area contributed by atoms with Crippen molar-refractivity contribution >= 4 is 96.6 Å². The number of thiophene rings is 2. The molecule has 13 heteroatoms. The molecule has 230 valence electrons. The summed E-state index contributed by atoms with van der Waals surface area (Å²) in [6.07, 6.45) is 0. The minimum atomic E-state index is -0.597. The van der Waals surface area contributed by atoms with Gasteiger partial charge in [0.15, 0.2) is 0 Å². The average Bonchev–Trinajstić information content (AvgIpc) is 3.71. The Bertz CT molecular complexity index is 2390. The predicted octanol–water partition coefficient (Wildman–Crippen LogP) is 9.96. The van der Waals surface area contributed by atoms with Crippen LogP contribution in [-0.2, 0) is 0 Å². The smallest absolute Gasteiger partial charge is 0.292 e. The molecule has 0 radical (unpaired) electrons. The van der Waals surface area contributed by atoms with Gasteiger partial charge in [0.1, 0.15) is 5.69 Å². The second-order valence-electron chi connectivity index (χ2n) is 10.2. The highest BCUT2D eigenvalue weighted by molar-refractivity contribution is 7.19. The van der Waals surface area contributed by atoms with Gasteiger partial charge in [-0.1, -0.05) is 59.6 Å². The largest absolute Gasteiger partial charge is 0.322 e. The van der Waals surface area contributed by atoms with E-state index < -0.39 is 16.7 Å². The molecule has 0 bridgehead atoms. The summed E-state index contributed by atoms with van der Waals surface area (Å²) in [5.41, 5.74) is 2.73. The summed E-state index contributed by atoms with van der Waals surface area (Å²) in [5, 5.41) is 18.7. The number of aromatic nitrogens is 2. The predicted molar refractivity (Wildman–Crippen MR) is 189 cm³/mol. The monoisotopic (exact) mass is 695 g/mol. The average molecular weight is 697 g/mol. The maximum atomic E-state index is 13.8. The highest BCUT2D eigenvalue weighted by Crippen LogP contribution is 2.35. The van der Waals surface area contributed by atoms with Crippen molar-refractivity contribution in [1.29, 1.82) is 0 Å². The maximum Gasteiger partial charge on any atom is 0.292 e. The molecular weight excluding hydrogens is 677 g/mol. The van der Waals surface area contributed by atoms with E-state index in [0.29, 0.717) is 47.4 Å². The van der Waals surface area contributed by atoms with Crippen LogP contribution in [0.2, 0.25) is 8.67 Å². The molecule has 2 N–H and O–H groups in total. The van der Waals surface area contributed by atoms with E-state index in [1.807, 2.05) is 36.4 Å². The third-order valence-corrected chi connectivity index (χ3v) is 9.78. The van der Waals surface area contributed by atoms with Gasteiger partial charge in [-0.2, -0.15) is 0 Å². The van der Waals surface area contributed by atoms with Crippen LogP contribution in [0.5, 0.6) is 0 Å². The van der Waals surface area contributed by atoms with Crippen LogP contribution < -0.4 is 10.6 Å². The molecule has 0 aliphatic heterocycles. The lowest BCUT2D eigenvalue weighted by Crippen LogP contribution is -2.16. The van der Waals surface area contributed by atoms with Crippen molar-refractivity contribution in [3.63, 3.8) is 0 Å². The van der Waals surface area contributed by atoms with Crippen molar-refractivity contribution in [2.45, 2.75) is 0 Å². The third kappa shape index (κ3) is 6.17. The lowest BCUT2D eigenvalue weighted by molar-refractivity contribution is -0.383. The number of benzene rings is 3. The summed E-state index contributed by atoms with van der Waals surface area (Å²) in [7, 11) is 0. The number of nitro groups is 1. The number of carbonyl (C=O) groups excluding carboxylic acids is 2. The first-order valence-corrected chi connectivity index (χ1v) is 16.3. The summed E-state index contributed by atoms with van der Waals surface area (Å²) in [6.45, 7) is 0. The molecule has 0 aliphatic carbocycles. The zero-order chi connectivity index (χ0) is 32.7. The Morgan fingerprint density at radius 2 is 1.17 bits per heavy atom. The van der Waals surface area contributed by atoms with Crippen LogP contribution >= 0.6 is 45.9 Å². The molecule has 47 heavy (non-hydrogen) atoms. The summed E-state index contributed by atoms with van der Waals surface area (Å²) >= 11 is 15.0. The normalized spacial score (nSPS) is 11.1. The number of halogens is 2. The van der Waals surface area contributed by atoms with E-state index in [2.05, 4.69) is 15.6 Å². The van der Waals surface area contributed by atoms with Crippen LogP contribution in [0.4, 0.5) is 17.1 Å².